The summed E-state index contributed by atoms with van der Waals surface area (Å²) >= 11 is 0. The smallest absolute Gasteiger partial charge is 0.114 e. The molecule has 0 bridgehead atoms. The molecule has 0 aliphatic heterocycles. The van der Waals surface area contributed by atoms with Crippen LogP contribution in [0.25, 0.3) is 0 Å². The zero-order valence-corrected chi connectivity index (χ0v) is 14.6. The molecule has 3 atom stereocenters. The number of rotatable bonds is 16. The van der Waals surface area contributed by atoms with Gasteiger partial charge in [0, 0.05) is 19.8 Å². The van der Waals surface area contributed by atoms with Gasteiger partial charge in [0.1, 0.15) is 18.3 Å². The SMILES string of the molecule is CCCCOC[C@H](O)[C@@H](OCCCC)[C@H](CO)OCCCC. The number of aliphatic hydroxyl groups is 2. The van der Waals surface area contributed by atoms with E-state index in [9.17, 15) is 10.2 Å². The van der Waals surface area contributed by atoms with E-state index in [0.29, 0.717) is 19.8 Å². The lowest BCUT2D eigenvalue weighted by Gasteiger charge is -2.30. The number of ether oxygens (including phenoxy) is 3. The predicted octanol–water partition coefficient (Wildman–Crippen LogP) is 2.53. The summed E-state index contributed by atoms with van der Waals surface area (Å²) in [6, 6.07) is 0. The van der Waals surface area contributed by atoms with E-state index >= 15 is 0 Å². The number of hydrogen-bond acceptors (Lipinski definition) is 5. The maximum absolute atomic E-state index is 10.3. The van der Waals surface area contributed by atoms with Crippen LogP contribution in [0.2, 0.25) is 0 Å². The quantitative estimate of drug-likeness (QED) is 0.428. The summed E-state index contributed by atoms with van der Waals surface area (Å²) in [7, 11) is 0. The van der Waals surface area contributed by atoms with Crippen LogP contribution in [-0.4, -0.2) is 61.6 Å². The van der Waals surface area contributed by atoms with Gasteiger partial charge in [-0.15, -0.1) is 0 Å². The molecular formula is C17H36O5. The molecule has 0 rings (SSSR count). The Morgan fingerprint density at radius 3 is 1.91 bits per heavy atom. The molecular weight excluding hydrogens is 284 g/mol. The van der Waals surface area contributed by atoms with Gasteiger partial charge in [-0.05, 0) is 19.3 Å². The Morgan fingerprint density at radius 1 is 0.818 bits per heavy atom. The zero-order chi connectivity index (χ0) is 16.6. The second-order valence-corrected chi connectivity index (χ2v) is 5.63. The summed E-state index contributed by atoms with van der Waals surface area (Å²) < 4.78 is 16.9. The molecule has 0 radical (unpaired) electrons. The van der Waals surface area contributed by atoms with E-state index in [0.717, 1.165) is 38.5 Å². The molecule has 0 saturated heterocycles. The molecule has 2 N–H and O–H groups in total. The average Bonchev–Trinajstić information content (AvgIpc) is 2.53. The summed E-state index contributed by atoms with van der Waals surface area (Å²) in [4.78, 5) is 0. The van der Waals surface area contributed by atoms with Crippen molar-refractivity contribution in [1.29, 1.82) is 0 Å². The van der Waals surface area contributed by atoms with Crippen LogP contribution in [0.15, 0.2) is 0 Å². The Balaban J connectivity index is 4.40. The molecule has 0 unspecified atom stereocenters. The van der Waals surface area contributed by atoms with E-state index in [1.807, 2.05) is 0 Å². The van der Waals surface area contributed by atoms with Crippen molar-refractivity contribution in [2.75, 3.05) is 33.0 Å². The van der Waals surface area contributed by atoms with Crippen LogP contribution >= 0.6 is 0 Å². The van der Waals surface area contributed by atoms with Gasteiger partial charge >= 0.3 is 0 Å². The maximum atomic E-state index is 10.3. The highest BCUT2D eigenvalue weighted by Crippen LogP contribution is 2.12. The Morgan fingerprint density at radius 2 is 1.36 bits per heavy atom. The largest absolute Gasteiger partial charge is 0.394 e. The minimum absolute atomic E-state index is 0.160. The monoisotopic (exact) mass is 320 g/mol. The van der Waals surface area contributed by atoms with Crippen LogP contribution < -0.4 is 0 Å². The molecule has 0 heterocycles. The second kappa shape index (κ2) is 15.7. The van der Waals surface area contributed by atoms with Crippen molar-refractivity contribution in [1.82, 2.24) is 0 Å². The fourth-order valence-electron chi connectivity index (χ4n) is 2.01. The fraction of sp³-hybridized carbons (Fsp3) is 1.00. The molecule has 0 saturated carbocycles. The highest BCUT2D eigenvalue weighted by Gasteiger charge is 2.29. The van der Waals surface area contributed by atoms with Crippen LogP contribution in [0, 0.1) is 0 Å². The molecule has 0 fully saturated rings. The fourth-order valence-corrected chi connectivity index (χ4v) is 2.01. The van der Waals surface area contributed by atoms with E-state index in [2.05, 4.69) is 20.8 Å². The van der Waals surface area contributed by atoms with E-state index in [4.69, 9.17) is 14.2 Å². The standard InChI is InChI=1S/C17H36O5/c1-4-7-10-20-14-15(19)17(22-12-9-6-3)16(13-18)21-11-8-5-2/h15-19H,4-14H2,1-3H3/t15-,16-,17+/m0/s1. The molecule has 0 amide bonds. The zero-order valence-electron chi connectivity index (χ0n) is 14.6. The molecule has 0 aromatic carbocycles. The van der Waals surface area contributed by atoms with Gasteiger partial charge in [-0.3, -0.25) is 0 Å². The average molecular weight is 320 g/mol. The van der Waals surface area contributed by atoms with Crippen molar-refractivity contribution < 1.29 is 24.4 Å². The van der Waals surface area contributed by atoms with Crippen molar-refractivity contribution in [3.8, 4) is 0 Å². The summed E-state index contributed by atoms with van der Waals surface area (Å²) in [5, 5.41) is 19.9. The van der Waals surface area contributed by atoms with Gasteiger partial charge in [-0.1, -0.05) is 40.0 Å². The normalized spacial score (nSPS) is 15.7. The Hall–Kier alpha value is -0.200. The van der Waals surface area contributed by atoms with E-state index < -0.39 is 18.3 Å². The predicted molar refractivity (Wildman–Crippen MR) is 88.1 cm³/mol. The van der Waals surface area contributed by atoms with Crippen LogP contribution in [0.1, 0.15) is 59.3 Å². The van der Waals surface area contributed by atoms with Gasteiger partial charge in [0.15, 0.2) is 0 Å². The molecule has 0 spiro atoms. The Bertz CT molecular complexity index is 225. The number of aliphatic hydroxyl groups excluding tert-OH is 2. The van der Waals surface area contributed by atoms with Crippen molar-refractivity contribution in [3.63, 3.8) is 0 Å². The lowest BCUT2D eigenvalue weighted by Crippen LogP contribution is -2.45. The third kappa shape index (κ3) is 10.5. The third-order valence-electron chi connectivity index (χ3n) is 3.49. The Kier molecular flexibility index (Phi) is 15.5. The lowest BCUT2D eigenvalue weighted by molar-refractivity contribution is -0.149. The minimum atomic E-state index is -0.785. The lowest BCUT2D eigenvalue weighted by atomic mass is 10.1. The van der Waals surface area contributed by atoms with Gasteiger partial charge in [-0.2, -0.15) is 0 Å². The van der Waals surface area contributed by atoms with Gasteiger partial charge < -0.3 is 24.4 Å². The van der Waals surface area contributed by atoms with Crippen LogP contribution in [0.3, 0.4) is 0 Å². The molecule has 0 aliphatic carbocycles. The number of hydrogen-bond donors (Lipinski definition) is 2. The van der Waals surface area contributed by atoms with Crippen LogP contribution in [0.5, 0.6) is 0 Å². The van der Waals surface area contributed by atoms with E-state index in [1.54, 1.807) is 0 Å². The molecule has 22 heavy (non-hydrogen) atoms. The van der Waals surface area contributed by atoms with E-state index in [-0.39, 0.29) is 13.2 Å². The molecule has 0 aliphatic rings. The molecule has 5 heteroatoms. The van der Waals surface area contributed by atoms with Crippen molar-refractivity contribution in [2.24, 2.45) is 0 Å². The first kappa shape index (κ1) is 21.8. The molecule has 5 nitrogen and oxygen atoms in total. The number of unbranched alkanes of at least 4 members (excludes halogenated alkanes) is 3. The van der Waals surface area contributed by atoms with Gasteiger partial charge in [-0.25, -0.2) is 0 Å². The highest BCUT2D eigenvalue weighted by molar-refractivity contribution is 4.78. The summed E-state index contributed by atoms with van der Waals surface area (Å²) in [6.45, 7) is 8.08. The van der Waals surface area contributed by atoms with Gasteiger partial charge in [0.2, 0.25) is 0 Å². The summed E-state index contributed by atoms with van der Waals surface area (Å²) in [5.74, 6) is 0. The molecule has 0 aromatic heterocycles. The topological polar surface area (TPSA) is 68.2 Å². The molecule has 0 aromatic rings. The van der Waals surface area contributed by atoms with Crippen LogP contribution in [-0.2, 0) is 14.2 Å². The van der Waals surface area contributed by atoms with Crippen molar-refractivity contribution in [3.05, 3.63) is 0 Å². The maximum Gasteiger partial charge on any atom is 0.114 e. The van der Waals surface area contributed by atoms with Crippen molar-refractivity contribution >= 4 is 0 Å². The minimum Gasteiger partial charge on any atom is -0.394 e. The summed E-state index contributed by atoms with van der Waals surface area (Å²) in [5.41, 5.74) is 0. The first-order chi connectivity index (χ1) is 10.7. The van der Waals surface area contributed by atoms with Gasteiger partial charge in [0.25, 0.3) is 0 Å². The van der Waals surface area contributed by atoms with Crippen molar-refractivity contribution in [2.45, 2.75) is 77.6 Å². The highest BCUT2D eigenvalue weighted by atomic mass is 16.6. The second-order valence-electron chi connectivity index (χ2n) is 5.63. The molecule has 134 valence electrons. The van der Waals surface area contributed by atoms with Crippen LogP contribution in [0.4, 0.5) is 0 Å². The first-order valence-corrected chi connectivity index (χ1v) is 8.81. The first-order valence-electron chi connectivity index (χ1n) is 8.81. The Labute approximate surface area is 136 Å². The van der Waals surface area contributed by atoms with E-state index in [1.165, 1.54) is 0 Å². The van der Waals surface area contributed by atoms with Gasteiger partial charge in [0.05, 0.1) is 13.2 Å². The summed E-state index contributed by atoms with van der Waals surface area (Å²) in [6.07, 6.45) is 4.11. The third-order valence-corrected chi connectivity index (χ3v) is 3.49.